The molecule has 0 radical (unpaired) electrons. The fourth-order valence-corrected chi connectivity index (χ4v) is 2.06. The van der Waals surface area contributed by atoms with Crippen molar-refractivity contribution >= 4 is 27.7 Å². The molecule has 0 bridgehead atoms. The van der Waals surface area contributed by atoms with Crippen LogP contribution in [0.2, 0.25) is 0 Å². The van der Waals surface area contributed by atoms with Gasteiger partial charge >= 0.3 is 5.97 Å². The van der Waals surface area contributed by atoms with Crippen LogP contribution in [-0.2, 0) is 19.1 Å². The standard InChI is InChI=1S/C11H14N2O7S/c1-19-9-3-2-7(11(15)16)4-8(9)13-6-20-21(17,18)5-10(12)14/h2-4,13H,5-6H2,1H3,(H2,12,14)(H,15,16). The molecule has 10 heteroatoms. The first-order chi connectivity index (χ1) is 9.75. The van der Waals surface area contributed by atoms with E-state index >= 15 is 0 Å². The van der Waals surface area contributed by atoms with Crippen molar-refractivity contribution in [2.75, 3.05) is 24.9 Å². The van der Waals surface area contributed by atoms with E-state index in [1.54, 1.807) is 0 Å². The van der Waals surface area contributed by atoms with Crippen LogP contribution >= 0.6 is 0 Å². The minimum atomic E-state index is -4.09. The van der Waals surface area contributed by atoms with E-state index in [4.69, 9.17) is 15.6 Å². The number of ether oxygens (including phenoxy) is 1. The van der Waals surface area contributed by atoms with Gasteiger partial charge < -0.3 is 20.9 Å². The van der Waals surface area contributed by atoms with E-state index in [1.807, 2.05) is 0 Å². The zero-order chi connectivity index (χ0) is 16.0. The van der Waals surface area contributed by atoms with Gasteiger partial charge in [-0.05, 0) is 18.2 Å². The zero-order valence-electron chi connectivity index (χ0n) is 11.0. The molecule has 0 aromatic heterocycles. The number of benzene rings is 1. The van der Waals surface area contributed by atoms with Gasteiger partial charge in [0.1, 0.15) is 12.5 Å². The summed E-state index contributed by atoms with van der Waals surface area (Å²) < 4.78 is 32.0. The molecule has 0 aliphatic rings. The van der Waals surface area contributed by atoms with Gasteiger partial charge in [0.25, 0.3) is 10.1 Å². The first kappa shape index (κ1) is 16.7. The van der Waals surface area contributed by atoms with Gasteiger partial charge in [0.2, 0.25) is 5.91 Å². The molecule has 0 atom stereocenters. The lowest BCUT2D eigenvalue weighted by Crippen LogP contribution is -2.26. The average molecular weight is 318 g/mol. The number of rotatable bonds is 8. The first-order valence-electron chi connectivity index (χ1n) is 5.56. The van der Waals surface area contributed by atoms with Crippen LogP contribution in [0.5, 0.6) is 5.75 Å². The molecule has 0 saturated heterocycles. The molecular weight excluding hydrogens is 304 g/mol. The van der Waals surface area contributed by atoms with Crippen LogP contribution in [0.3, 0.4) is 0 Å². The van der Waals surface area contributed by atoms with E-state index < -0.39 is 34.5 Å². The van der Waals surface area contributed by atoms with E-state index in [9.17, 15) is 18.0 Å². The molecule has 1 rings (SSSR count). The maximum Gasteiger partial charge on any atom is 0.335 e. The third kappa shape index (κ3) is 5.28. The van der Waals surface area contributed by atoms with Crippen molar-refractivity contribution in [3.8, 4) is 5.75 Å². The second-order valence-corrected chi connectivity index (χ2v) is 5.47. The number of methoxy groups -OCH3 is 1. The fourth-order valence-electron chi connectivity index (χ4n) is 1.39. The highest BCUT2D eigenvalue weighted by molar-refractivity contribution is 7.87. The number of amides is 1. The highest BCUT2D eigenvalue weighted by atomic mass is 32.2. The van der Waals surface area contributed by atoms with E-state index in [-0.39, 0.29) is 11.3 Å². The smallest absolute Gasteiger partial charge is 0.335 e. The van der Waals surface area contributed by atoms with Crippen LogP contribution < -0.4 is 15.8 Å². The lowest BCUT2D eigenvalue weighted by Gasteiger charge is -2.12. The van der Waals surface area contributed by atoms with Gasteiger partial charge in [0, 0.05) is 0 Å². The number of carbonyl (C=O) groups excluding carboxylic acids is 1. The number of aromatic carboxylic acids is 1. The second kappa shape index (κ2) is 6.90. The summed E-state index contributed by atoms with van der Waals surface area (Å²) in [6, 6.07) is 3.99. The number of nitrogens with one attached hydrogen (secondary N) is 1. The second-order valence-electron chi connectivity index (χ2n) is 3.83. The Morgan fingerprint density at radius 3 is 2.57 bits per heavy atom. The van der Waals surface area contributed by atoms with Gasteiger partial charge in [-0.15, -0.1) is 0 Å². The number of anilines is 1. The zero-order valence-corrected chi connectivity index (χ0v) is 11.8. The van der Waals surface area contributed by atoms with E-state index in [2.05, 4.69) is 9.50 Å². The highest BCUT2D eigenvalue weighted by Gasteiger charge is 2.15. The molecule has 0 spiro atoms. The number of nitrogens with two attached hydrogens (primary N) is 1. The minimum absolute atomic E-state index is 0.0155. The van der Waals surface area contributed by atoms with Crippen LogP contribution in [0, 0.1) is 0 Å². The van der Waals surface area contributed by atoms with Gasteiger partial charge in [-0.2, -0.15) is 8.42 Å². The van der Waals surface area contributed by atoms with Crippen molar-refractivity contribution in [3.05, 3.63) is 23.8 Å². The largest absolute Gasteiger partial charge is 0.495 e. The summed E-state index contributed by atoms with van der Waals surface area (Å²) in [5.74, 6) is -2.83. The summed E-state index contributed by atoms with van der Waals surface area (Å²) in [6.07, 6.45) is 0. The van der Waals surface area contributed by atoms with E-state index in [1.165, 1.54) is 25.3 Å². The van der Waals surface area contributed by atoms with Gasteiger partial charge in [-0.3, -0.25) is 4.79 Å². The third-order valence-corrected chi connectivity index (χ3v) is 3.38. The van der Waals surface area contributed by atoms with Crippen molar-refractivity contribution in [1.29, 1.82) is 0 Å². The predicted octanol–water partition coefficient (Wildman–Crippen LogP) is -0.405. The Bertz CT molecular complexity index is 642. The molecule has 0 unspecified atom stereocenters. The minimum Gasteiger partial charge on any atom is -0.495 e. The Morgan fingerprint density at radius 1 is 1.38 bits per heavy atom. The van der Waals surface area contributed by atoms with Crippen LogP contribution in [0.25, 0.3) is 0 Å². The summed E-state index contributed by atoms with van der Waals surface area (Å²) >= 11 is 0. The number of carboxylic acid groups (broad SMARTS) is 1. The quantitative estimate of drug-likeness (QED) is 0.433. The molecule has 1 amide bonds. The van der Waals surface area contributed by atoms with Crippen molar-refractivity contribution in [2.24, 2.45) is 5.73 Å². The number of hydrogen-bond donors (Lipinski definition) is 3. The average Bonchev–Trinajstić information content (AvgIpc) is 2.36. The van der Waals surface area contributed by atoms with Crippen LogP contribution in [-0.4, -0.2) is 45.0 Å². The van der Waals surface area contributed by atoms with Crippen molar-refractivity contribution in [3.63, 3.8) is 0 Å². The van der Waals surface area contributed by atoms with Crippen molar-refractivity contribution < 1.29 is 32.0 Å². The molecule has 1 aromatic rings. The topological polar surface area (TPSA) is 145 Å². The van der Waals surface area contributed by atoms with Gasteiger partial charge in [-0.1, -0.05) is 0 Å². The Balaban J connectivity index is 2.76. The summed E-state index contributed by atoms with van der Waals surface area (Å²) in [6.45, 7) is -0.505. The van der Waals surface area contributed by atoms with Gasteiger partial charge in [0.15, 0.2) is 5.75 Å². The molecule has 1 aromatic carbocycles. The normalized spacial score (nSPS) is 10.9. The maximum atomic E-state index is 11.3. The molecule has 0 heterocycles. The Morgan fingerprint density at radius 2 is 2.05 bits per heavy atom. The van der Waals surface area contributed by atoms with Crippen molar-refractivity contribution in [1.82, 2.24) is 0 Å². The summed E-state index contributed by atoms with van der Waals surface area (Å²) in [7, 11) is -2.72. The predicted molar refractivity (Wildman–Crippen MR) is 72.5 cm³/mol. The molecule has 116 valence electrons. The lowest BCUT2D eigenvalue weighted by atomic mass is 10.2. The fraction of sp³-hybridized carbons (Fsp3) is 0.273. The molecule has 0 aliphatic heterocycles. The molecule has 9 nitrogen and oxygen atoms in total. The van der Waals surface area contributed by atoms with Crippen LogP contribution in [0.4, 0.5) is 5.69 Å². The first-order valence-corrected chi connectivity index (χ1v) is 7.13. The van der Waals surface area contributed by atoms with E-state index in [0.29, 0.717) is 5.75 Å². The van der Waals surface area contributed by atoms with Gasteiger partial charge in [-0.25, -0.2) is 8.98 Å². The summed E-state index contributed by atoms with van der Waals surface area (Å²) in [4.78, 5) is 21.4. The number of carbonyl (C=O) groups is 2. The SMILES string of the molecule is COc1ccc(C(=O)O)cc1NCOS(=O)(=O)CC(N)=O. The Hall–Kier alpha value is -2.33. The van der Waals surface area contributed by atoms with Crippen molar-refractivity contribution in [2.45, 2.75) is 0 Å². The summed E-state index contributed by atoms with van der Waals surface area (Å²) in [5, 5.41) is 11.4. The van der Waals surface area contributed by atoms with Crippen LogP contribution in [0.15, 0.2) is 18.2 Å². The molecule has 21 heavy (non-hydrogen) atoms. The summed E-state index contributed by atoms with van der Waals surface area (Å²) in [5.41, 5.74) is 4.97. The van der Waals surface area contributed by atoms with Crippen LogP contribution in [0.1, 0.15) is 10.4 Å². The number of carboxylic acids is 1. The molecule has 4 N–H and O–H groups in total. The molecular formula is C11H14N2O7S. The van der Waals surface area contributed by atoms with Gasteiger partial charge in [0.05, 0.1) is 18.4 Å². The monoisotopic (exact) mass is 318 g/mol. The Labute approximate surface area is 120 Å². The molecule has 0 fully saturated rings. The maximum absolute atomic E-state index is 11.3. The number of primary amides is 1. The lowest BCUT2D eigenvalue weighted by molar-refractivity contribution is -0.115. The van der Waals surface area contributed by atoms with E-state index in [0.717, 1.165) is 0 Å². The molecule has 0 saturated carbocycles. The highest BCUT2D eigenvalue weighted by Crippen LogP contribution is 2.25. The Kier molecular flexibility index (Phi) is 5.50. The molecule has 0 aliphatic carbocycles. The number of hydrogen-bond acceptors (Lipinski definition) is 7. The third-order valence-electron chi connectivity index (χ3n) is 2.27.